The van der Waals surface area contributed by atoms with E-state index in [-0.39, 0.29) is 35.5 Å². The molecule has 0 radical (unpaired) electrons. The molecule has 1 fully saturated rings. The van der Waals surface area contributed by atoms with Crippen molar-refractivity contribution in [1.29, 1.82) is 0 Å². The number of amides is 1. The van der Waals surface area contributed by atoms with Gasteiger partial charge in [0.05, 0.1) is 0 Å². The summed E-state index contributed by atoms with van der Waals surface area (Å²) in [6.45, 7) is 1.52. The minimum Gasteiger partial charge on any atom is -0.468 e. The van der Waals surface area contributed by atoms with Gasteiger partial charge in [0.2, 0.25) is 11.8 Å². The Morgan fingerprint density at radius 3 is 2.88 bits per heavy atom. The molecular weight excluding hydrogens is 325 g/mol. The molecule has 0 N–H and O–H groups in total. The highest BCUT2D eigenvalue weighted by Gasteiger charge is 2.22. The lowest BCUT2D eigenvalue weighted by Gasteiger charge is -2.12. The van der Waals surface area contributed by atoms with Crippen LogP contribution >= 0.6 is 0 Å². The molecule has 3 aromatic rings. The minimum atomic E-state index is -0.405. The first-order chi connectivity index (χ1) is 12.2. The third kappa shape index (κ3) is 3.17. The fourth-order valence-electron chi connectivity index (χ4n) is 2.87. The molecule has 4 rings (SSSR count). The van der Waals surface area contributed by atoms with Crippen LogP contribution in [-0.2, 0) is 6.61 Å². The Balaban J connectivity index is 1.45. The van der Waals surface area contributed by atoms with Gasteiger partial charge in [-0.25, -0.2) is 14.4 Å². The second-order valence-electron chi connectivity index (χ2n) is 5.88. The number of halogens is 1. The summed E-state index contributed by atoms with van der Waals surface area (Å²) >= 11 is 0. The molecule has 2 aromatic heterocycles. The van der Waals surface area contributed by atoms with E-state index < -0.39 is 5.82 Å². The van der Waals surface area contributed by atoms with Crippen molar-refractivity contribution in [2.75, 3.05) is 13.1 Å². The lowest BCUT2D eigenvalue weighted by Crippen LogP contribution is -2.27. The van der Waals surface area contributed by atoms with Crippen LogP contribution in [0.25, 0.3) is 10.9 Å². The van der Waals surface area contributed by atoms with Crippen LogP contribution in [0.15, 0.2) is 41.0 Å². The third-order valence-electron chi connectivity index (χ3n) is 4.15. The van der Waals surface area contributed by atoms with Crippen molar-refractivity contribution in [3.8, 4) is 5.88 Å². The van der Waals surface area contributed by atoms with E-state index in [9.17, 15) is 9.18 Å². The van der Waals surface area contributed by atoms with Crippen LogP contribution in [0.3, 0.4) is 0 Å². The van der Waals surface area contributed by atoms with Gasteiger partial charge in [-0.15, -0.1) is 0 Å². The van der Waals surface area contributed by atoms with Crippen molar-refractivity contribution in [3.63, 3.8) is 0 Å². The Kier molecular flexibility index (Phi) is 4.05. The average molecular weight is 341 g/mol. The molecule has 1 saturated heterocycles. The number of hydrogen-bond donors (Lipinski definition) is 0. The van der Waals surface area contributed by atoms with Gasteiger partial charge in [0.1, 0.15) is 17.6 Å². The standard InChI is InChI=1S/C18H16FN3O3/c19-13-5-3-4-12-6-7-15(21-17(12)13)25-11-16-20-14(10-24-16)18(23)22-8-1-2-9-22/h3-7,10H,1-2,8-9,11H2. The number of likely N-dealkylation sites (tertiary alicyclic amines) is 1. The number of fused-ring (bicyclic) bond motifs is 1. The second-order valence-corrected chi connectivity index (χ2v) is 5.88. The Hall–Kier alpha value is -2.96. The van der Waals surface area contributed by atoms with Gasteiger partial charge in [0, 0.05) is 24.5 Å². The molecule has 1 aliphatic heterocycles. The maximum absolute atomic E-state index is 13.8. The average Bonchev–Trinajstić information content (AvgIpc) is 3.32. The number of carbonyl (C=O) groups excluding carboxylic acids is 1. The SMILES string of the molecule is O=C(c1coc(COc2ccc3cccc(F)c3n2)n1)N1CCCC1. The summed E-state index contributed by atoms with van der Waals surface area (Å²) < 4.78 is 24.6. The van der Waals surface area contributed by atoms with Crippen LogP contribution in [0.5, 0.6) is 5.88 Å². The van der Waals surface area contributed by atoms with E-state index in [1.54, 1.807) is 29.2 Å². The Labute approximate surface area is 143 Å². The summed E-state index contributed by atoms with van der Waals surface area (Å²) in [6.07, 6.45) is 3.38. The molecular formula is C18H16FN3O3. The summed E-state index contributed by atoms with van der Waals surface area (Å²) in [5, 5.41) is 0.696. The first kappa shape index (κ1) is 15.6. The first-order valence-corrected chi connectivity index (χ1v) is 8.12. The highest BCUT2D eigenvalue weighted by molar-refractivity contribution is 5.92. The summed E-state index contributed by atoms with van der Waals surface area (Å²) in [4.78, 5) is 22.3. The van der Waals surface area contributed by atoms with Crippen LogP contribution in [-0.4, -0.2) is 33.9 Å². The largest absolute Gasteiger partial charge is 0.468 e. The highest BCUT2D eigenvalue weighted by atomic mass is 19.1. The zero-order valence-corrected chi connectivity index (χ0v) is 13.4. The van der Waals surface area contributed by atoms with Crippen molar-refractivity contribution in [2.24, 2.45) is 0 Å². The number of para-hydroxylation sites is 1. The van der Waals surface area contributed by atoms with E-state index in [4.69, 9.17) is 9.15 Å². The Morgan fingerprint density at radius 1 is 1.20 bits per heavy atom. The van der Waals surface area contributed by atoms with Gasteiger partial charge in [-0.05, 0) is 25.0 Å². The second kappa shape index (κ2) is 6.51. The smallest absolute Gasteiger partial charge is 0.275 e. The van der Waals surface area contributed by atoms with Gasteiger partial charge < -0.3 is 14.1 Å². The van der Waals surface area contributed by atoms with Gasteiger partial charge in [-0.1, -0.05) is 12.1 Å². The minimum absolute atomic E-state index is 0.0141. The number of hydrogen-bond acceptors (Lipinski definition) is 5. The molecule has 0 spiro atoms. The summed E-state index contributed by atoms with van der Waals surface area (Å²) in [5.74, 6) is 0.0113. The lowest BCUT2D eigenvalue weighted by atomic mass is 10.2. The molecule has 0 aliphatic carbocycles. The molecule has 1 amide bonds. The summed E-state index contributed by atoms with van der Waals surface area (Å²) in [6, 6.07) is 8.15. The van der Waals surface area contributed by atoms with Crippen molar-refractivity contribution in [2.45, 2.75) is 19.4 Å². The van der Waals surface area contributed by atoms with Gasteiger partial charge in [0.25, 0.3) is 5.91 Å². The molecule has 0 saturated carbocycles. The molecule has 6 nitrogen and oxygen atoms in total. The number of pyridine rings is 1. The fraction of sp³-hybridized carbons (Fsp3) is 0.278. The van der Waals surface area contributed by atoms with E-state index in [1.807, 2.05) is 0 Å². The molecule has 0 unspecified atom stereocenters. The van der Waals surface area contributed by atoms with E-state index in [0.717, 1.165) is 25.9 Å². The summed E-state index contributed by atoms with van der Waals surface area (Å²) in [5.41, 5.74) is 0.523. The maximum atomic E-state index is 13.8. The number of carbonyl (C=O) groups is 1. The van der Waals surface area contributed by atoms with Gasteiger partial charge >= 0.3 is 0 Å². The number of benzene rings is 1. The fourth-order valence-corrected chi connectivity index (χ4v) is 2.87. The van der Waals surface area contributed by atoms with Crippen LogP contribution in [0.4, 0.5) is 4.39 Å². The molecule has 25 heavy (non-hydrogen) atoms. The molecule has 3 heterocycles. The monoisotopic (exact) mass is 341 g/mol. The summed E-state index contributed by atoms with van der Waals surface area (Å²) in [7, 11) is 0. The Bertz CT molecular complexity index is 919. The van der Waals surface area contributed by atoms with E-state index in [1.165, 1.54) is 12.3 Å². The number of nitrogens with zero attached hydrogens (tertiary/aromatic N) is 3. The van der Waals surface area contributed by atoms with Crippen molar-refractivity contribution < 1.29 is 18.3 Å². The highest BCUT2D eigenvalue weighted by Crippen LogP contribution is 2.20. The molecule has 0 atom stereocenters. The predicted molar refractivity (Wildman–Crippen MR) is 87.7 cm³/mol. The number of aromatic nitrogens is 2. The lowest BCUT2D eigenvalue weighted by molar-refractivity contribution is 0.0787. The van der Waals surface area contributed by atoms with E-state index in [2.05, 4.69) is 9.97 Å². The third-order valence-corrected chi connectivity index (χ3v) is 4.15. The van der Waals surface area contributed by atoms with Gasteiger partial charge in [-0.3, -0.25) is 4.79 Å². The zero-order valence-electron chi connectivity index (χ0n) is 13.4. The van der Waals surface area contributed by atoms with E-state index in [0.29, 0.717) is 5.39 Å². The first-order valence-electron chi connectivity index (χ1n) is 8.12. The predicted octanol–water partition coefficient (Wildman–Crippen LogP) is 3.18. The van der Waals surface area contributed by atoms with Crippen LogP contribution in [0.1, 0.15) is 29.2 Å². The van der Waals surface area contributed by atoms with Crippen LogP contribution < -0.4 is 4.74 Å². The van der Waals surface area contributed by atoms with E-state index >= 15 is 0 Å². The maximum Gasteiger partial charge on any atom is 0.275 e. The molecule has 0 bridgehead atoms. The quantitative estimate of drug-likeness (QED) is 0.729. The normalized spacial score (nSPS) is 14.2. The van der Waals surface area contributed by atoms with Crippen molar-refractivity contribution >= 4 is 16.8 Å². The molecule has 128 valence electrons. The molecule has 1 aliphatic rings. The molecule has 1 aromatic carbocycles. The number of ether oxygens (including phenoxy) is 1. The number of oxazole rings is 1. The van der Waals surface area contributed by atoms with Crippen LogP contribution in [0, 0.1) is 5.82 Å². The van der Waals surface area contributed by atoms with Crippen molar-refractivity contribution in [3.05, 3.63) is 54.0 Å². The van der Waals surface area contributed by atoms with Crippen molar-refractivity contribution in [1.82, 2.24) is 14.9 Å². The van der Waals surface area contributed by atoms with Gasteiger partial charge in [-0.2, -0.15) is 0 Å². The molecule has 7 heteroatoms. The van der Waals surface area contributed by atoms with Crippen LogP contribution in [0.2, 0.25) is 0 Å². The number of rotatable bonds is 4. The topological polar surface area (TPSA) is 68.5 Å². The van der Waals surface area contributed by atoms with Gasteiger partial charge in [0.15, 0.2) is 12.3 Å². The zero-order chi connectivity index (χ0) is 17.2. The Morgan fingerprint density at radius 2 is 2.04 bits per heavy atom.